The van der Waals surface area contributed by atoms with Gasteiger partial charge < -0.3 is 9.88 Å². The lowest BCUT2D eigenvalue weighted by atomic mass is 10.3. The minimum absolute atomic E-state index is 0.191. The van der Waals surface area contributed by atoms with Gasteiger partial charge in [-0.1, -0.05) is 6.07 Å². The molecular formula is C11H13N5OS. The van der Waals surface area contributed by atoms with Gasteiger partial charge in [0.15, 0.2) is 4.77 Å². The molecule has 6 nitrogen and oxygen atoms in total. The maximum atomic E-state index is 11.7. The van der Waals surface area contributed by atoms with Gasteiger partial charge in [-0.2, -0.15) is 5.10 Å². The second kappa shape index (κ2) is 5.54. The zero-order valence-electron chi connectivity index (χ0n) is 9.88. The van der Waals surface area contributed by atoms with Gasteiger partial charge >= 0.3 is 0 Å². The average molecular weight is 263 g/mol. The van der Waals surface area contributed by atoms with E-state index in [9.17, 15) is 4.79 Å². The standard InChI is InChI=1S/C11H13N5OS/c1-8-14-15-11(18)16(8)7-6-13-10(17)9-4-2-3-5-12-9/h2-5H,6-7H2,1H3,(H,13,17)(H,15,18). The molecule has 0 aliphatic carbocycles. The third-order valence-corrected chi connectivity index (χ3v) is 2.78. The first-order valence-corrected chi connectivity index (χ1v) is 5.90. The molecule has 7 heteroatoms. The third kappa shape index (κ3) is 2.80. The predicted molar refractivity (Wildman–Crippen MR) is 68.7 cm³/mol. The van der Waals surface area contributed by atoms with Gasteiger partial charge in [0.2, 0.25) is 0 Å². The minimum atomic E-state index is -0.191. The van der Waals surface area contributed by atoms with Crippen LogP contribution in [0.25, 0.3) is 0 Å². The Morgan fingerprint density at radius 1 is 1.56 bits per heavy atom. The van der Waals surface area contributed by atoms with Crippen LogP contribution in [0.3, 0.4) is 0 Å². The molecule has 94 valence electrons. The number of pyridine rings is 1. The summed E-state index contributed by atoms with van der Waals surface area (Å²) in [5, 5.41) is 9.47. The second-order valence-corrected chi connectivity index (χ2v) is 4.09. The number of carbonyl (C=O) groups excluding carboxylic acids is 1. The van der Waals surface area contributed by atoms with Crippen molar-refractivity contribution in [3.8, 4) is 0 Å². The van der Waals surface area contributed by atoms with Crippen LogP contribution in [0.1, 0.15) is 16.3 Å². The summed E-state index contributed by atoms with van der Waals surface area (Å²) in [5.74, 6) is 0.607. The van der Waals surface area contributed by atoms with Crippen molar-refractivity contribution in [1.82, 2.24) is 25.1 Å². The maximum absolute atomic E-state index is 11.7. The van der Waals surface area contributed by atoms with Crippen LogP contribution >= 0.6 is 12.2 Å². The number of amides is 1. The Bertz CT molecular complexity index is 589. The molecule has 0 spiro atoms. The third-order valence-electron chi connectivity index (χ3n) is 2.47. The van der Waals surface area contributed by atoms with Gasteiger partial charge in [0.1, 0.15) is 11.5 Å². The molecule has 1 amide bonds. The van der Waals surface area contributed by atoms with E-state index < -0.39 is 0 Å². The molecular weight excluding hydrogens is 250 g/mol. The summed E-state index contributed by atoms with van der Waals surface area (Å²) in [6, 6.07) is 5.22. The highest BCUT2D eigenvalue weighted by atomic mass is 32.1. The molecule has 0 radical (unpaired) electrons. The molecule has 2 aromatic rings. The Hall–Kier alpha value is -2.02. The van der Waals surface area contributed by atoms with Crippen LogP contribution in [0.5, 0.6) is 0 Å². The number of nitrogens with zero attached hydrogens (tertiary/aromatic N) is 3. The molecule has 2 N–H and O–H groups in total. The zero-order chi connectivity index (χ0) is 13.0. The van der Waals surface area contributed by atoms with E-state index in [-0.39, 0.29) is 5.91 Å². The fourth-order valence-corrected chi connectivity index (χ4v) is 1.80. The average Bonchev–Trinajstić information content (AvgIpc) is 2.71. The number of carbonyl (C=O) groups is 1. The van der Waals surface area contributed by atoms with Crippen molar-refractivity contribution in [2.45, 2.75) is 13.5 Å². The van der Waals surface area contributed by atoms with Crippen LogP contribution in [-0.4, -0.2) is 32.2 Å². The molecule has 0 saturated carbocycles. The van der Waals surface area contributed by atoms with Gasteiger partial charge in [-0.05, 0) is 31.3 Å². The van der Waals surface area contributed by atoms with E-state index in [1.165, 1.54) is 0 Å². The van der Waals surface area contributed by atoms with Gasteiger partial charge in [0, 0.05) is 19.3 Å². The first-order chi connectivity index (χ1) is 8.68. The van der Waals surface area contributed by atoms with Crippen molar-refractivity contribution >= 4 is 18.1 Å². The highest BCUT2D eigenvalue weighted by molar-refractivity contribution is 7.71. The molecule has 0 unspecified atom stereocenters. The van der Waals surface area contributed by atoms with E-state index in [1.54, 1.807) is 24.4 Å². The first-order valence-electron chi connectivity index (χ1n) is 5.49. The van der Waals surface area contributed by atoms with E-state index in [1.807, 2.05) is 11.5 Å². The lowest BCUT2D eigenvalue weighted by molar-refractivity contribution is 0.0947. The van der Waals surface area contributed by atoms with Crippen LogP contribution in [0, 0.1) is 11.7 Å². The number of hydrogen-bond donors (Lipinski definition) is 2. The summed E-state index contributed by atoms with van der Waals surface area (Å²) in [7, 11) is 0. The first kappa shape index (κ1) is 12.4. The van der Waals surface area contributed by atoms with Gasteiger partial charge in [0.05, 0.1) is 0 Å². The molecule has 2 heterocycles. The zero-order valence-corrected chi connectivity index (χ0v) is 10.7. The smallest absolute Gasteiger partial charge is 0.269 e. The van der Waals surface area contributed by atoms with E-state index >= 15 is 0 Å². The number of hydrogen-bond acceptors (Lipinski definition) is 4. The number of aryl methyl sites for hydroxylation is 1. The number of H-pyrrole nitrogens is 1. The summed E-state index contributed by atoms with van der Waals surface area (Å²) in [6.07, 6.45) is 1.59. The molecule has 2 rings (SSSR count). The number of rotatable bonds is 4. The monoisotopic (exact) mass is 263 g/mol. The summed E-state index contributed by atoms with van der Waals surface area (Å²) in [4.78, 5) is 15.7. The van der Waals surface area contributed by atoms with Crippen LogP contribution in [0.2, 0.25) is 0 Å². The topological polar surface area (TPSA) is 75.6 Å². The summed E-state index contributed by atoms with van der Waals surface area (Å²) < 4.78 is 2.38. The molecule has 0 saturated heterocycles. The quantitative estimate of drug-likeness (QED) is 0.809. The SMILES string of the molecule is Cc1n[nH]c(=S)n1CCNC(=O)c1ccccn1. The molecule has 0 aliphatic heterocycles. The van der Waals surface area contributed by atoms with Crippen molar-refractivity contribution < 1.29 is 4.79 Å². The number of aromatic amines is 1. The van der Waals surface area contributed by atoms with E-state index in [4.69, 9.17) is 12.2 Å². The fourth-order valence-electron chi connectivity index (χ4n) is 1.53. The predicted octanol–water partition coefficient (Wildman–Crippen LogP) is 1.07. The Labute approximate surface area is 109 Å². The lowest BCUT2D eigenvalue weighted by Crippen LogP contribution is -2.28. The fraction of sp³-hybridized carbons (Fsp3) is 0.273. The molecule has 0 fully saturated rings. The van der Waals surface area contributed by atoms with Crippen LogP contribution in [-0.2, 0) is 6.54 Å². The maximum Gasteiger partial charge on any atom is 0.269 e. The molecule has 0 aliphatic rings. The van der Waals surface area contributed by atoms with Crippen molar-refractivity contribution in [3.63, 3.8) is 0 Å². The molecule has 2 aromatic heterocycles. The lowest BCUT2D eigenvalue weighted by Gasteiger charge is -2.06. The van der Waals surface area contributed by atoms with Crippen LogP contribution in [0.15, 0.2) is 24.4 Å². The summed E-state index contributed by atoms with van der Waals surface area (Å²) in [6.45, 7) is 2.91. The van der Waals surface area contributed by atoms with Crippen molar-refractivity contribution in [2.75, 3.05) is 6.54 Å². The van der Waals surface area contributed by atoms with Crippen molar-refractivity contribution in [1.29, 1.82) is 0 Å². The van der Waals surface area contributed by atoms with Crippen LogP contribution < -0.4 is 5.32 Å². The van der Waals surface area contributed by atoms with Crippen LogP contribution in [0.4, 0.5) is 0 Å². The highest BCUT2D eigenvalue weighted by Crippen LogP contribution is 1.96. The van der Waals surface area contributed by atoms with Gasteiger partial charge in [0.25, 0.3) is 5.91 Å². The van der Waals surface area contributed by atoms with Crippen molar-refractivity contribution in [2.24, 2.45) is 0 Å². The molecule has 0 bridgehead atoms. The molecule has 0 aromatic carbocycles. The number of aromatic nitrogens is 4. The van der Waals surface area contributed by atoms with Gasteiger partial charge in [-0.25, -0.2) is 0 Å². The highest BCUT2D eigenvalue weighted by Gasteiger charge is 2.06. The largest absolute Gasteiger partial charge is 0.349 e. The molecule has 18 heavy (non-hydrogen) atoms. The van der Waals surface area contributed by atoms with Gasteiger partial charge in [-0.15, -0.1) is 0 Å². The van der Waals surface area contributed by atoms with Crippen molar-refractivity contribution in [3.05, 3.63) is 40.7 Å². The minimum Gasteiger partial charge on any atom is -0.349 e. The Morgan fingerprint density at radius 3 is 3.00 bits per heavy atom. The Balaban J connectivity index is 1.90. The number of nitrogens with one attached hydrogen (secondary N) is 2. The summed E-state index contributed by atoms with van der Waals surface area (Å²) >= 11 is 5.07. The van der Waals surface area contributed by atoms with E-state index in [0.29, 0.717) is 23.6 Å². The molecule has 0 atom stereocenters. The Morgan fingerprint density at radius 2 is 2.39 bits per heavy atom. The second-order valence-electron chi connectivity index (χ2n) is 3.70. The van der Waals surface area contributed by atoms with E-state index in [2.05, 4.69) is 20.5 Å². The summed E-state index contributed by atoms with van der Waals surface area (Å²) in [5.41, 5.74) is 0.407. The van der Waals surface area contributed by atoms with E-state index in [0.717, 1.165) is 5.82 Å². The Kier molecular flexibility index (Phi) is 3.83. The normalized spacial score (nSPS) is 10.3. The van der Waals surface area contributed by atoms with Gasteiger partial charge in [-0.3, -0.25) is 14.9 Å².